The van der Waals surface area contributed by atoms with Gasteiger partial charge in [-0.3, -0.25) is 0 Å². The standard InChI is InChI=1S/C16H25N3O/c1-3-7-15-18-13-8-4-5-9-14(13)19(15)11-6-10-16(2,17)12-20/h4-5,8-9,20H,3,6-7,10-12,17H2,1-2H3. The summed E-state index contributed by atoms with van der Waals surface area (Å²) in [5, 5.41) is 9.22. The van der Waals surface area contributed by atoms with E-state index in [9.17, 15) is 5.11 Å². The van der Waals surface area contributed by atoms with Crippen molar-refractivity contribution in [3.05, 3.63) is 30.1 Å². The molecule has 1 heterocycles. The SMILES string of the molecule is CCCc1nc2ccccc2n1CCCC(C)(N)CO. The molecular formula is C16H25N3O. The van der Waals surface area contributed by atoms with Crippen LogP contribution < -0.4 is 5.73 Å². The Labute approximate surface area is 120 Å². The molecule has 0 bridgehead atoms. The van der Waals surface area contributed by atoms with Crippen LogP contribution in [0.2, 0.25) is 0 Å². The van der Waals surface area contributed by atoms with Crippen molar-refractivity contribution in [3.63, 3.8) is 0 Å². The quantitative estimate of drug-likeness (QED) is 0.816. The zero-order valence-electron chi connectivity index (χ0n) is 12.5. The molecule has 4 heteroatoms. The Morgan fingerprint density at radius 3 is 2.80 bits per heavy atom. The molecule has 2 rings (SSSR count). The molecule has 0 fully saturated rings. The van der Waals surface area contributed by atoms with Gasteiger partial charge in [-0.1, -0.05) is 19.1 Å². The van der Waals surface area contributed by atoms with Gasteiger partial charge >= 0.3 is 0 Å². The molecule has 0 saturated heterocycles. The summed E-state index contributed by atoms with van der Waals surface area (Å²) in [6.07, 6.45) is 3.84. The number of nitrogens with zero attached hydrogens (tertiary/aromatic N) is 2. The van der Waals surface area contributed by atoms with Gasteiger partial charge in [-0.25, -0.2) is 4.98 Å². The zero-order valence-corrected chi connectivity index (χ0v) is 12.5. The number of hydrogen-bond acceptors (Lipinski definition) is 3. The van der Waals surface area contributed by atoms with Gasteiger partial charge in [0.1, 0.15) is 5.82 Å². The molecule has 1 aromatic carbocycles. The summed E-state index contributed by atoms with van der Waals surface area (Å²) in [6, 6.07) is 8.26. The minimum atomic E-state index is -0.485. The third kappa shape index (κ3) is 3.38. The van der Waals surface area contributed by atoms with E-state index in [2.05, 4.69) is 29.7 Å². The zero-order chi connectivity index (χ0) is 14.6. The normalized spacial score (nSPS) is 14.6. The molecule has 0 spiro atoms. The Balaban J connectivity index is 2.17. The fraction of sp³-hybridized carbons (Fsp3) is 0.562. The van der Waals surface area contributed by atoms with Gasteiger partial charge in [0.25, 0.3) is 0 Å². The molecule has 0 saturated carbocycles. The highest BCUT2D eigenvalue weighted by atomic mass is 16.3. The molecule has 1 aromatic heterocycles. The fourth-order valence-electron chi connectivity index (χ4n) is 2.51. The second-order valence-corrected chi connectivity index (χ2v) is 5.83. The molecule has 0 aliphatic carbocycles. The largest absolute Gasteiger partial charge is 0.394 e. The van der Waals surface area contributed by atoms with Crippen molar-refractivity contribution in [2.75, 3.05) is 6.61 Å². The Morgan fingerprint density at radius 2 is 2.10 bits per heavy atom. The van der Waals surface area contributed by atoms with Crippen LogP contribution in [-0.4, -0.2) is 26.8 Å². The summed E-state index contributed by atoms with van der Waals surface area (Å²) < 4.78 is 2.30. The number of imidazole rings is 1. The van der Waals surface area contributed by atoms with Gasteiger partial charge in [0.05, 0.1) is 17.6 Å². The number of hydrogen-bond donors (Lipinski definition) is 2. The monoisotopic (exact) mass is 275 g/mol. The van der Waals surface area contributed by atoms with E-state index in [1.807, 2.05) is 13.0 Å². The number of aliphatic hydroxyl groups excluding tert-OH is 1. The van der Waals surface area contributed by atoms with Gasteiger partial charge in [0, 0.05) is 18.5 Å². The molecule has 3 N–H and O–H groups in total. The minimum absolute atomic E-state index is 0.0273. The Kier molecular flexibility index (Phi) is 4.78. The van der Waals surface area contributed by atoms with E-state index in [1.54, 1.807) is 0 Å². The van der Waals surface area contributed by atoms with Crippen molar-refractivity contribution in [3.8, 4) is 0 Å². The van der Waals surface area contributed by atoms with E-state index in [0.29, 0.717) is 0 Å². The molecule has 0 radical (unpaired) electrons. The Bertz CT molecular complexity index is 560. The number of aryl methyl sites for hydroxylation is 2. The van der Waals surface area contributed by atoms with Gasteiger partial charge < -0.3 is 15.4 Å². The van der Waals surface area contributed by atoms with Crippen molar-refractivity contribution < 1.29 is 5.11 Å². The van der Waals surface area contributed by atoms with E-state index >= 15 is 0 Å². The van der Waals surface area contributed by atoms with E-state index in [0.717, 1.165) is 43.6 Å². The van der Waals surface area contributed by atoms with Crippen molar-refractivity contribution in [2.24, 2.45) is 5.73 Å². The lowest BCUT2D eigenvalue weighted by Gasteiger charge is -2.21. The molecule has 110 valence electrons. The average Bonchev–Trinajstić information content (AvgIpc) is 2.77. The average molecular weight is 275 g/mol. The van der Waals surface area contributed by atoms with E-state index in [1.165, 1.54) is 5.52 Å². The molecule has 1 atom stereocenters. The maximum absolute atomic E-state index is 9.22. The van der Waals surface area contributed by atoms with Crippen molar-refractivity contribution in [1.82, 2.24) is 9.55 Å². The maximum atomic E-state index is 9.22. The Morgan fingerprint density at radius 1 is 1.35 bits per heavy atom. The first-order chi connectivity index (χ1) is 9.57. The predicted octanol–water partition coefficient (Wildman–Crippen LogP) is 2.48. The summed E-state index contributed by atoms with van der Waals surface area (Å²) in [4.78, 5) is 4.72. The number of benzene rings is 1. The second-order valence-electron chi connectivity index (χ2n) is 5.83. The fourth-order valence-corrected chi connectivity index (χ4v) is 2.51. The highest BCUT2D eigenvalue weighted by molar-refractivity contribution is 5.75. The van der Waals surface area contributed by atoms with Crippen LogP contribution in [0.4, 0.5) is 0 Å². The lowest BCUT2D eigenvalue weighted by Crippen LogP contribution is -2.40. The van der Waals surface area contributed by atoms with Crippen LogP contribution in [0.1, 0.15) is 38.9 Å². The third-order valence-corrected chi connectivity index (χ3v) is 3.70. The van der Waals surface area contributed by atoms with Gasteiger partial charge in [-0.15, -0.1) is 0 Å². The van der Waals surface area contributed by atoms with Crippen LogP contribution in [0.15, 0.2) is 24.3 Å². The van der Waals surface area contributed by atoms with Crippen LogP contribution >= 0.6 is 0 Å². The Hall–Kier alpha value is -1.39. The number of aliphatic hydroxyl groups is 1. The van der Waals surface area contributed by atoms with E-state index in [4.69, 9.17) is 10.7 Å². The number of rotatable bonds is 7. The summed E-state index contributed by atoms with van der Waals surface area (Å²) in [5.41, 5.74) is 7.76. The van der Waals surface area contributed by atoms with Gasteiger partial charge in [0.15, 0.2) is 0 Å². The predicted molar refractivity (Wildman–Crippen MR) is 82.6 cm³/mol. The molecule has 2 aromatic rings. The van der Waals surface area contributed by atoms with E-state index < -0.39 is 5.54 Å². The number of fused-ring (bicyclic) bond motifs is 1. The summed E-state index contributed by atoms with van der Waals surface area (Å²) in [6.45, 7) is 5.00. The van der Waals surface area contributed by atoms with Crippen LogP contribution in [0, 0.1) is 0 Å². The first-order valence-corrected chi connectivity index (χ1v) is 7.41. The van der Waals surface area contributed by atoms with Crippen LogP contribution in [0.25, 0.3) is 11.0 Å². The van der Waals surface area contributed by atoms with Gasteiger partial charge in [-0.05, 0) is 38.3 Å². The summed E-state index contributed by atoms with van der Waals surface area (Å²) in [5.74, 6) is 1.15. The highest BCUT2D eigenvalue weighted by Gasteiger charge is 2.17. The molecular weight excluding hydrogens is 250 g/mol. The maximum Gasteiger partial charge on any atom is 0.109 e. The van der Waals surface area contributed by atoms with Crippen molar-refractivity contribution in [2.45, 2.75) is 51.6 Å². The van der Waals surface area contributed by atoms with Gasteiger partial charge in [0.2, 0.25) is 0 Å². The second kappa shape index (κ2) is 6.37. The first kappa shape index (κ1) is 15.0. The topological polar surface area (TPSA) is 64.1 Å². The van der Waals surface area contributed by atoms with Crippen LogP contribution in [0.3, 0.4) is 0 Å². The number of aromatic nitrogens is 2. The van der Waals surface area contributed by atoms with Crippen molar-refractivity contribution >= 4 is 11.0 Å². The van der Waals surface area contributed by atoms with Gasteiger partial charge in [-0.2, -0.15) is 0 Å². The highest BCUT2D eigenvalue weighted by Crippen LogP contribution is 2.19. The number of nitrogens with two attached hydrogens (primary N) is 1. The lowest BCUT2D eigenvalue weighted by atomic mass is 9.98. The molecule has 4 nitrogen and oxygen atoms in total. The molecule has 0 aliphatic heterocycles. The summed E-state index contributed by atoms with van der Waals surface area (Å²) in [7, 11) is 0. The molecule has 0 aliphatic rings. The van der Waals surface area contributed by atoms with Crippen molar-refractivity contribution in [1.29, 1.82) is 0 Å². The van der Waals surface area contributed by atoms with Crippen LogP contribution in [-0.2, 0) is 13.0 Å². The first-order valence-electron chi connectivity index (χ1n) is 7.41. The third-order valence-electron chi connectivity index (χ3n) is 3.70. The molecule has 20 heavy (non-hydrogen) atoms. The van der Waals surface area contributed by atoms with E-state index in [-0.39, 0.29) is 6.61 Å². The molecule has 1 unspecified atom stereocenters. The lowest BCUT2D eigenvalue weighted by molar-refractivity contribution is 0.196. The number of para-hydroxylation sites is 2. The smallest absolute Gasteiger partial charge is 0.109 e. The molecule has 0 amide bonds. The summed E-state index contributed by atoms with van der Waals surface area (Å²) >= 11 is 0. The van der Waals surface area contributed by atoms with Crippen LogP contribution in [0.5, 0.6) is 0 Å². The minimum Gasteiger partial charge on any atom is -0.394 e.